The number of H-pyrrole nitrogens is 2. The quantitative estimate of drug-likeness (QED) is 0.388. The number of anilines is 1. The minimum absolute atomic E-state index is 0.0620. The number of aromatic amines is 2. The molecule has 0 saturated carbocycles. The van der Waals surface area contributed by atoms with Crippen LogP contribution < -0.4 is 15.8 Å². The Kier molecular flexibility index (Phi) is 2.92. The topological polar surface area (TPSA) is 141 Å². The number of rotatable bonds is 2. The SMILES string of the molecule is Nc1n[n+]2c(C3OC(CO)C(O)C3F)c[nH]c2c(=O)[nH]1. The summed E-state index contributed by atoms with van der Waals surface area (Å²) in [6.45, 7) is -0.513. The van der Waals surface area contributed by atoms with Gasteiger partial charge < -0.3 is 20.7 Å². The minimum Gasteiger partial charge on any atom is -0.394 e. The molecule has 4 unspecified atom stereocenters. The normalized spacial score (nSPS) is 30.1. The van der Waals surface area contributed by atoms with Gasteiger partial charge >= 0.3 is 11.2 Å². The Hall–Kier alpha value is -2.04. The molecule has 4 atom stereocenters. The molecule has 1 fully saturated rings. The number of hydrogen-bond acceptors (Lipinski definition) is 6. The third kappa shape index (κ3) is 1.77. The largest absolute Gasteiger partial charge is 0.394 e. The number of nitrogens with one attached hydrogen (secondary N) is 2. The number of fused-ring (bicyclic) bond motifs is 1. The number of nitrogens with two attached hydrogens (primary N) is 1. The Labute approximate surface area is 110 Å². The number of alkyl halides is 1. The van der Waals surface area contributed by atoms with Gasteiger partial charge in [0, 0.05) is 0 Å². The van der Waals surface area contributed by atoms with Crippen LogP contribution in [0.2, 0.25) is 0 Å². The lowest BCUT2D eigenvalue weighted by Crippen LogP contribution is -2.39. The maximum absolute atomic E-state index is 14.1. The zero-order chi connectivity index (χ0) is 14.4. The van der Waals surface area contributed by atoms with Crippen molar-refractivity contribution in [2.45, 2.75) is 24.5 Å². The lowest BCUT2D eigenvalue weighted by molar-refractivity contribution is -0.592. The highest BCUT2D eigenvalue weighted by Crippen LogP contribution is 2.33. The van der Waals surface area contributed by atoms with Crippen LogP contribution in [0.5, 0.6) is 0 Å². The van der Waals surface area contributed by atoms with Crippen LogP contribution in [0.1, 0.15) is 11.8 Å². The number of aliphatic hydroxyl groups excluding tert-OH is 2. The Bertz CT molecular complexity index is 701. The first-order valence-electron chi connectivity index (χ1n) is 5.90. The molecule has 10 heteroatoms. The van der Waals surface area contributed by atoms with E-state index in [0.29, 0.717) is 0 Å². The third-order valence-corrected chi connectivity index (χ3v) is 3.27. The van der Waals surface area contributed by atoms with Crippen LogP contribution in [-0.2, 0) is 4.74 Å². The van der Waals surface area contributed by atoms with E-state index in [4.69, 9.17) is 15.6 Å². The molecule has 1 aliphatic heterocycles. The van der Waals surface area contributed by atoms with Gasteiger partial charge in [-0.15, -0.1) is 0 Å². The van der Waals surface area contributed by atoms with E-state index in [9.17, 15) is 14.3 Å². The fourth-order valence-corrected chi connectivity index (χ4v) is 2.29. The first-order chi connectivity index (χ1) is 9.52. The van der Waals surface area contributed by atoms with Crippen molar-refractivity contribution in [2.75, 3.05) is 12.3 Å². The number of nitrogen functional groups attached to an aromatic ring is 1. The average molecular weight is 286 g/mol. The third-order valence-electron chi connectivity index (χ3n) is 3.27. The van der Waals surface area contributed by atoms with Gasteiger partial charge in [-0.25, -0.2) is 9.37 Å². The van der Waals surface area contributed by atoms with Gasteiger partial charge in [0.2, 0.25) is 11.6 Å². The van der Waals surface area contributed by atoms with Crippen molar-refractivity contribution < 1.29 is 23.9 Å². The molecule has 0 radical (unpaired) electrons. The molecule has 6 N–H and O–H groups in total. The zero-order valence-corrected chi connectivity index (χ0v) is 10.2. The summed E-state index contributed by atoms with van der Waals surface area (Å²) in [5.74, 6) is -0.138. The second kappa shape index (κ2) is 4.51. The van der Waals surface area contributed by atoms with E-state index >= 15 is 0 Å². The van der Waals surface area contributed by atoms with E-state index in [1.165, 1.54) is 6.20 Å². The summed E-state index contributed by atoms with van der Waals surface area (Å²) in [6.07, 6.45) is -4.04. The highest BCUT2D eigenvalue weighted by atomic mass is 19.1. The summed E-state index contributed by atoms with van der Waals surface area (Å²) >= 11 is 0. The van der Waals surface area contributed by atoms with Crippen molar-refractivity contribution >= 4 is 11.6 Å². The van der Waals surface area contributed by atoms with Crippen molar-refractivity contribution in [1.82, 2.24) is 15.1 Å². The van der Waals surface area contributed by atoms with Crippen LogP contribution in [-0.4, -0.2) is 50.3 Å². The molecule has 0 spiro atoms. The van der Waals surface area contributed by atoms with E-state index in [0.717, 1.165) is 4.52 Å². The van der Waals surface area contributed by atoms with Crippen LogP contribution in [0.15, 0.2) is 11.0 Å². The number of halogens is 1. The van der Waals surface area contributed by atoms with Gasteiger partial charge in [-0.1, -0.05) is 4.52 Å². The highest BCUT2D eigenvalue weighted by Gasteiger charge is 2.48. The second-order valence-corrected chi connectivity index (χ2v) is 4.53. The molecule has 3 heterocycles. The molecular weight excluding hydrogens is 273 g/mol. The number of hydrogen-bond donors (Lipinski definition) is 5. The number of nitrogens with zero attached hydrogens (tertiary/aromatic N) is 2. The van der Waals surface area contributed by atoms with E-state index < -0.39 is 36.6 Å². The van der Waals surface area contributed by atoms with Gasteiger partial charge in [0.05, 0.1) is 6.61 Å². The summed E-state index contributed by atoms with van der Waals surface area (Å²) < 4.78 is 20.4. The van der Waals surface area contributed by atoms with Crippen LogP contribution in [0.4, 0.5) is 10.3 Å². The lowest BCUT2D eigenvalue weighted by Gasteiger charge is -2.08. The van der Waals surface area contributed by atoms with E-state index in [1.54, 1.807) is 0 Å². The average Bonchev–Trinajstić information content (AvgIpc) is 2.93. The molecule has 20 heavy (non-hydrogen) atoms. The van der Waals surface area contributed by atoms with Gasteiger partial charge in [0.1, 0.15) is 18.4 Å². The molecule has 0 bridgehead atoms. The highest BCUT2D eigenvalue weighted by molar-refractivity contribution is 5.28. The minimum atomic E-state index is -1.75. The van der Waals surface area contributed by atoms with Gasteiger partial charge in [0.25, 0.3) is 0 Å². The van der Waals surface area contributed by atoms with Crippen molar-refractivity contribution in [2.24, 2.45) is 0 Å². The molecule has 9 nitrogen and oxygen atoms in total. The smallest absolute Gasteiger partial charge is 0.372 e. The van der Waals surface area contributed by atoms with E-state index in [2.05, 4.69) is 15.1 Å². The molecule has 0 amide bonds. The number of aliphatic hydroxyl groups is 2. The molecule has 0 aromatic carbocycles. The predicted molar refractivity (Wildman–Crippen MR) is 62.4 cm³/mol. The number of ether oxygens (including phenoxy) is 1. The molecule has 108 valence electrons. The summed E-state index contributed by atoms with van der Waals surface area (Å²) in [6, 6.07) is 0. The van der Waals surface area contributed by atoms with Crippen LogP contribution in [0.3, 0.4) is 0 Å². The van der Waals surface area contributed by atoms with Gasteiger partial charge in [-0.3, -0.25) is 9.78 Å². The molecule has 2 aromatic heterocycles. The standard InChI is InChI=1S/C10H12FN5O4/c11-5-6(18)4(2-17)20-7(5)3-1-13-8-9(19)14-10(12)15-16(3)8/h1,4-7,17-18H,2H2,(H3,12,14,15,19)/p+1. The maximum atomic E-state index is 14.1. The van der Waals surface area contributed by atoms with E-state index in [1.807, 2.05) is 0 Å². The monoisotopic (exact) mass is 286 g/mol. The van der Waals surface area contributed by atoms with Gasteiger partial charge in [-0.2, -0.15) is 0 Å². The Morgan fingerprint density at radius 1 is 1.60 bits per heavy atom. The van der Waals surface area contributed by atoms with Crippen molar-refractivity contribution in [3.8, 4) is 0 Å². The summed E-state index contributed by atoms with van der Waals surface area (Å²) in [4.78, 5) is 16.6. The van der Waals surface area contributed by atoms with Crippen molar-refractivity contribution in [3.05, 3.63) is 22.2 Å². The van der Waals surface area contributed by atoms with Crippen LogP contribution in [0, 0.1) is 0 Å². The van der Waals surface area contributed by atoms with E-state index in [-0.39, 0.29) is 17.3 Å². The molecular formula is C10H13FN5O4+. The Morgan fingerprint density at radius 2 is 2.35 bits per heavy atom. The fourth-order valence-electron chi connectivity index (χ4n) is 2.29. The lowest BCUT2D eigenvalue weighted by atomic mass is 10.1. The molecule has 1 aliphatic rings. The molecule has 1 saturated heterocycles. The summed E-state index contributed by atoms with van der Waals surface area (Å²) in [5, 5.41) is 22.5. The van der Waals surface area contributed by atoms with Gasteiger partial charge in [0.15, 0.2) is 12.3 Å². The van der Waals surface area contributed by atoms with Crippen LogP contribution >= 0.6 is 0 Å². The zero-order valence-electron chi connectivity index (χ0n) is 10.2. The van der Waals surface area contributed by atoms with Crippen molar-refractivity contribution in [3.63, 3.8) is 0 Å². The second-order valence-electron chi connectivity index (χ2n) is 4.53. The molecule has 0 aliphatic carbocycles. The molecule has 3 rings (SSSR count). The number of aromatic nitrogens is 4. The fraction of sp³-hybridized carbons (Fsp3) is 0.500. The van der Waals surface area contributed by atoms with Crippen LogP contribution in [0.25, 0.3) is 5.65 Å². The number of imidazole rings is 1. The summed E-state index contributed by atoms with van der Waals surface area (Å²) in [5.41, 5.74) is 5.18. The summed E-state index contributed by atoms with van der Waals surface area (Å²) in [7, 11) is 0. The maximum Gasteiger partial charge on any atom is 0.372 e. The Balaban J connectivity index is 2.09. The van der Waals surface area contributed by atoms with Gasteiger partial charge in [-0.05, 0) is 5.10 Å². The first kappa shape index (κ1) is 13.0. The molecule has 2 aromatic rings. The first-order valence-corrected chi connectivity index (χ1v) is 5.90. The van der Waals surface area contributed by atoms with Crippen molar-refractivity contribution in [1.29, 1.82) is 0 Å². The predicted octanol–water partition coefficient (Wildman–Crippen LogP) is -2.45. The Morgan fingerprint density at radius 3 is 3.00 bits per heavy atom.